The second-order valence-corrected chi connectivity index (χ2v) is 4.03. The first-order chi connectivity index (χ1) is 9.22. The number of urea groups is 1. The molecule has 19 heavy (non-hydrogen) atoms. The maximum Gasteiger partial charge on any atom is 0.326 e. The molecule has 98 valence electrons. The highest BCUT2D eigenvalue weighted by molar-refractivity contribution is 6.02. The second-order valence-electron chi connectivity index (χ2n) is 4.03. The van der Waals surface area contributed by atoms with Gasteiger partial charge in [-0.25, -0.2) is 4.79 Å². The Hall–Kier alpha value is -2.49. The number of nitrogens with one attached hydrogen (secondary N) is 1. The largest absolute Gasteiger partial charge is 0.506 e. The highest BCUT2D eigenvalue weighted by Crippen LogP contribution is 2.23. The van der Waals surface area contributed by atoms with Gasteiger partial charge in [0.05, 0.1) is 5.69 Å². The fourth-order valence-electron chi connectivity index (χ4n) is 1.81. The summed E-state index contributed by atoms with van der Waals surface area (Å²) in [5, 5.41) is 12.3. The number of amides is 2. The molecule has 0 unspecified atom stereocenters. The van der Waals surface area contributed by atoms with E-state index in [2.05, 4.69) is 5.32 Å². The third kappa shape index (κ3) is 3.04. The molecule has 2 aromatic rings. The van der Waals surface area contributed by atoms with Crippen LogP contribution in [0, 0.1) is 0 Å². The number of phenols is 1. The zero-order valence-electron chi connectivity index (χ0n) is 10.7. The number of aromatic hydroxyl groups is 1. The first kappa shape index (κ1) is 13.0. The maximum absolute atomic E-state index is 12.2. The average Bonchev–Trinajstić information content (AvgIpc) is 2.43. The van der Waals surface area contributed by atoms with E-state index in [9.17, 15) is 9.90 Å². The van der Waals surface area contributed by atoms with E-state index in [0.29, 0.717) is 12.2 Å². The lowest BCUT2D eigenvalue weighted by molar-refractivity contribution is 0.257. The lowest BCUT2D eigenvalue weighted by Crippen LogP contribution is -2.34. The summed E-state index contributed by atoms with van der Waals surface area (Å²) >= 11 is 0. The maximum atomic E-state index is 12.2. The van der Waals surface area contributed by atoms with Crippen LogP contribution >= 0.6 is 0 Å². The van der Waals surface area contributed by atoms with E-state index < -0.39 is 0 Å². The molecule has 0 saturated carbocycles. The van der Waals surface area contributed by atoms with E-state index in [1.165, 1.54) is 6.07 Å². The smallest absolute Gasteiger partial charge is 0.326 e. The lowest BCUT2D eigenvalue weighted by atomic mass is 10.3. The van der Waals surface area contributed by atoms with Crippen molar-refractivity contribution < 1.29 is 9.90 Å². The molecule has 2 N–H and O–H groups in total. The molecule has 2 rings (SSSR count). The Morgan fingerprint density at radius 1 is 1.11 bits per heavy atom. The number of hydrogen-bond donors (Lipinski definition) is 2. The highest BCUT2D eigenvalue weighted by Gasteiger charge is 2.14. The van der Waals surface area contributed by atoms with Gasteiger partial charge in [0.25, 0.3) is 0 Å². The second kappa shape index (κ2) is 5.91. The Morgan fingerprint density at radius 2 is 1.74 bits per heavy atom. The number of para-hydroxylation sites is 3. The summed E-state index contributed by atoms with van der Waals surface area (Å²) in [4.78, 5) is 13.8. The predicted molar refractivity (Wildman–Crippen MR) is 76.6 cm³/mol. The number of rotatable bonds is 3. The zero-order valence-corrected chi connectivity index (χ0v) is 10.7. The minimum Gasteiger partial charge on any atom is -0.506 e. The van der Waals surface area contributed by atoms with E-state index in [1.54, 1.807) is 23.1 Å². The average molecular weight is 256 g/mol. The van der Waals surface area contributed by atoms with Gasteiger partial charge >= 0.3 is 6.03 Å². The van der Waals surface area contributed by atoms with Crippen LogP contribution in [0.5, 0.6) is 5.75 Å². The van der Waals surface area contributed by atoms with Crippen molar-refractivity contribution in [2.75, 3.05) is 16.8 Å². The number of carbonyl (C=O) groups is 1. The van der Waals surface area contributed by atoms with Crippen LogP contribution in [0.4, 0.5) is 16.2 Å². The molecular weight excluding hydrogens is 240 g/mol. The summed E-state index contributed by atoms with van der Waals surface area (Å²) in [5.74, 6) is 0.0555. The Balaban J connectivity index is 2.17. The van der Waals surface area contributed by atoms with Crippen molar-refractivity contribution in [3.05, 3.63) is 54.6 Å². The van der Waals surface area contributed by atoms with Crippen molar-refractivity contribution in [2.24, 2.45) is 0 Å². The molecule has 0 aliphatic heterocycles. The van der Waals surface area contributed by atoms with Gasteiger partial charge in [0.1, 0.15) is 5.75 Å². The van der Waals surface area contributed by atoms with Crippen molar-refractivity contribution in [1.82, 2.24) is 0 Å². The van der Waals surface area contributed by atoms with Crippen LogP contribution in [0.3, 0.4) is 0 Å². The van der Waals surface area contributed by atoms with E-state index in [0.717, 1.165) is 5.69 Å². The summed E-state index contributed by atoms with van der Waals surface area (Å²) in [6.45, 7) is 2.45. The van der Waals surface area contributed by atoms with Gasteiger partial charge in [0.15, 0.2) is 0 Å². The Morgan fingerprint density at radius 3 is 2.37 bits per heavy atom. The number of benzene rings is 2. The SMILES string of the molecule is CCN(C(=O)Nc1ccccc1O)c1ccccc1. The zero-order chi connectivity index (χ0) is 13.7. The van der Waals surface area contributed by atoms with Crippen LogP contribution in [0.1, 0.15) is 6.92 Å². The molecule has 0 aliphatic carbocycles. The number of phenolic OH excluding ortho intramolecular Hbond substituents is 1. The number of carbonyl (C=O) groups excluding carboxylic acids is 1. The molecule has 0 atom stereocenters. The Labute approximate surface area is 112 Å². The molecule has 0 aliphatic rings. The van der Waals surface area contributed by atoms with Crippen LogP contribution < -0.4 is 10.2 Å². The van der Waals surface area contributed by atoms with Gasteiger partial charge in [0.2, 0.25) is 0 Å². The molecule has 2 amide bonds. The normalized spacial score (nSPS) is 9.95. The predicted octanol–water partition coefficient (Wildman–Crippen LogP) is 3.45. The first-order valence-electron chi connectivity index (χ1n) is 6.14. The summed E-state index contributed by atoms with van der Waals surface area (Å²) in [6, 6.07) is 15.8. The molecule has 4 nitrogen and oxygen atoms in total. The Kier molecular flexibility index (Phi) is 4.03. The van der Waals surface area contributed by atoms with Gasteiger partial charge < -0.3 is 10.4 Å². The molecule has 0 fully saturated rings. The minimum absolute atomic E-state index is 0.0555. The number of hydrogen-bond acceptors (Lipinski definition) is 2. The third-order valence-corrected chi connectivity index (χ3v) is 2.77. The van der Waals surface area contributed by atoms with Crippen LogP contribution in [-0.4, -0.2) is 17.7 Å². The fourth-order valence-corrected chi connectivity index (χ4v) is 1.81. The highest BCUT2D eigenvalue weighted by atomic mass is 16.3. The van der Waals surface area contributed by atoms with Crippen molar-refractivity contribution in [3.63, 3.8) is 0 Å². The van der Waals surface area contributed by atoms with E-state index in [4.69, 9.17) is 0 Å². The summed E-state index contributed by atoms with van der Waals surface area (Å²) < 4.78 is 0. The molecule has 0 spiro atoms. The molecule has 0 saturated heterocycles. The molecule has 0 bridgehead atoms. The van der Waals surface area contributed by atoms with Gasteiger partial charge in [-0.1, -0.05) is 30.3 Å². The summed E-state index contributed by atoms with van der Waals surface area (Å²) in [7, 11) is 0. The number of anilines is 2. The first-order valence-corrected chi connectivity index (χ1v) is 6.14. The topological polar surface area (TPSA) is 52.6 Å². The molecule has 2 aromatic carbocycles. The van der Waals surface area contributed by atoms with Crippen molar-refractivity contribution in [2.45, 2.75) is 6.92 Å². The van der Waals surface area contributed by atoms with Crippen LogP contribution in [0.15, 0.2) is 54.6 Å². The van der Waals surface area contributed by atoms with Crippen LogP contribution in [0.25, 0.3) is 0 Å². The molecular formula is C15H16N2O2. The molecule has 0 heterocycles. The van der Waals surface area contributed by atoms with Crippen LogP contribution in [0.2, 0.25) is 0 Å². The molecule has 4 heteroatoms. The van der Waals surface area contributed by atoms with Gasteiger partial charge in [-0.3, -0.25) is 4.90 Å². The van der Waals surface area contributed by atoms with E-state index in [1.807, 2.05) is 37.3 Å². The lowest BCUT2D eigenvalue weighted by Gasteiger charge is -2.21. The fraction of sp³-hybridized carbons (Fsp3) is 0.133. The third-order valence-electron chi connectivity index (χ3n) is 2.77. The standard InChI is InChI=1S/C15H16N2O2/c1-2-17(12-8-4-3-5-9-12)15(19)16-13-10-6-7-11-14(13)18/h3-11,18H,2H2,1H3,(H,16,19). The van der Waals surface area contributed by atoms with Crippen molar-refractivity contribution >= 4 is 17.4 Å². The summed E-state index contributed by atoms with van der Waals surface area (Å²) in [5.41, 5.74) is 1.22. The van der Waals surface area contributed by atoms with Gasteiger partial charge in [-0.2, -0.15) is 0 Å². The minimum atomic E-state index is -0.268. The quantitative estimate of drug-likeness (QED) is 0.826. The van der Waals surface area contributed by atoms with Crippen LogP contribution in [-0.2, 0) is 0 Å². The van der Waals surface area contributed by atoms with E-state index >= 15 is 0 Å². The molecule has 0 radical (unpaired) electrons. The van der Waals surface area contributed by atoms with Crippen molar-refractivity contribution in [1.29, 1.82) is 0 Å². The van der Waals surface area contributed by atoms with Gasteiger partial charge in [-0.05, 0) is 31.2 Å². The summed E-state index contributed by atoms with van der Waals surface area (Å²) in [6.07, 6.45) is 0. The van der Waals surface area contributed by atoms with Gasteiger partial charge in [0, 0.05) is 12.2 Å². The van der Waals surface area contributed by atoms with Crippen molar-refractivity contribution in [3.8, 4) is 5.75 Å². The monoisotopic (exact) mass is 256 g/mol. The number of nitrogens with zero attached hydrogens (tertiary/aromatic N) is 1. The Bertz CT molecular complexity index is 555. The molecule has 0 aromatic heterocycles. The van der Waals surface area contributed by atoms with Gasteiger partial charge in [-0.15, -0.1) is 0 Å². The van der Waals surface area contributed by atoms with E-state index in [-0.39, 0.29) is 11.8 Å².